The fourth-order valence-corrected chi connectivity index (χ4v) is 3.27. The molecule has 0 bridgehead atoms. The summed E-state index contributed by atoms with van der Waals surface area (Å²) in [5.41, 5.74) is 0.794. The first kappa shape index (κ1) is 22.8. The van der Waals surface area contributed by atoms with Gasteiger partial charge >= 0.3 is 6.03 Å². The zero-order valence-electron chi connectivity index (χ0n) is 18.4. The molecule has 0 unspecified atom stereocenters. The van der Waals surface area contributed by atoms with E-state index in [0.717, 1.165) is 18.9 Å². The fraction of sp³-hybridized carbons (Fsp3) is 0.250. The van der Waals surface area contributed by atoms with Crippen LogP contribution >= 0.6 is 0 Å². The monoisotopic (exact) mass is 463 g/mol. The maximum absolute atomic E-state index is 14.6. The maximum Gasteiger partial charge on any atom is 0.319 e. The summed E-state index contributed by atoms with van der Waals surface area (Å²) >= 11 is 0. The number of halogens is 1. The molecule has 4 rings (SSSR count). The molecule has 9 nitrogen and oxygen atoms in total. The minimum Gasteiger partial charge on any atom is -0.496 e. The van der Waals surface area contributed by atoms with E-state index < -0.39 is 17.8 Å². The number of carbonyl (C=O) groups is 2. The molecule has 1 aliphatic rings. The number of methoxy groups -OCH3 is 1. The van der Waals surface area contributed by atoms with Crippen LogP contribution in [0.2, 0.25) is 0 Å². The molecular formula is C24H22FN5O4. The lowest BCUT2D eigenvalue weighted by atomic mass is 10.1. The van der Waals surface area contributed by atoms with Crippen LogP contribution in [0.15, 0.2) is 42.6 Å². The van der Waals surface area contributed by atoms with Crippen molar-refractivity contribution in [3.8, 4) is 23.3 Å². The van der Waals surface area contributed by atoms with Crippen molar-refractivity contribution < 1.29 is 23.5 Å². The van der Waals surface area contributed by atoms with Crippen LogP contribution in [-0.4, -0.2) is 36.6 Å². The molecule has 0 aliphatic heterocycles. The van der Waals surface area contributed by atoms with Crippen LogP contribution in [0.5, 0.6) is 17.2 Å². The number of nitrogens with one attached hydrogen (secondary N) is 3. The van der Waals surface area contributed by atoms with Crippen molar-refractivity contribution in [2.45, 2.75) is 25.3 Å². The minimum atomic E-state index is -0.652. The smallest absolute Gasteiger partial charge is 0.319 e. The van der Waals surface area contributed by atoms with Gasteiger partial charge in [0.05, 0.1) is 36.4 Å². The molecule has 174 valence electrons. The molecule has 0 spiro atoms. The second-order valence-electron chi connectivity index (χ2n) is 7.66. The minimum absolute atomic E-state index is 0.0335. The highest BCUT2D eigenvalue weighted by atomic mass is 19.1. The van der Waals surface area contributed by atoms with Crippen molar-refractivity contribution in [2.75, 3.05) is 19.0 Å². The van der Waals surface area contributed by atoms with Crippen LogP contribution in [0.25, 0.3) is 10.9 Å². The Labute approximate surface area is 194 Å². The maximum atomic E-state index is 14.6. The Morgan fingerprint density at radius 1 is 1.21 bits per heavy atom. The summed E-state index contributed by atoms with van der Waals surface area (Å²) < 4.78 is 25.8. The number of urea groups is 1. The number of anilines is 1. The molecule has 3 N–H and O–H groups in total. The molecule has 0 saturated heterocycles. The largest absolute Gasteiger partial charge is 0.496 e. The number of pyridine rings is 1. The predicted octanol–water partition coefficient (Wildman–Crippen LogP) is 4.10. The number of carbonyl (C=O) groups excluding carboxylic acids is 2. The lowest BCUT2D eigenvalue weighted by molar-refractivity contribution is 0.0951. The van der Waals surface area contributed by atoms with Crippen molar-refractivity contribution in [1.82, 2.24) is 15.6 Å². The van der Waals surface area contributed by atoms with Crippen molar-refractivity contribution >= 4 is 28.5 Å². The average molecular weight is 463 g/mol. The Morgan fingerprint density at radius 2 is 2.03 bits per heavy atom. The molecule has 1 heterocycles. The van der Waals surface area contributed by atoms with Crippen molar-refractivity contribution in [3.05, 3.63) is 54.0 Å². The first-order chi connectivity index (χ1) is 16.5. The van der Waals surface area contributed by atoms with Crippen molar-refractivity contribution in [3.63, 3.8) is 0 Å². The SMILES string of the molecule is COc1cc2nccc(Oc3ccc(NC(=O)NC4CC4)c(F)c3)c2cc1C(=O)NCCC#N. The molecule has 1 saturated carbocycles. The highest BCUT2D eigenvalue weighted by molar-refractivity contribution is 6.02. The van der Waals surface area contributed by atoms with E-state index in [1.54, 1.807) is 18.2 Å². The van der Waals surface area contributed by atoms with Gasteiger partial charge in [0, 0.05) is 36.3 Å². The van der Waals surface area contributed by atoms with Gasteiger partial charge in [-0.2, -0.15) is 5.26 Å². The predicted molar refractivity (Wildman–Crippen MR) is 123 cm³/mol. The van der Waals surface area contributed by atoms with E-state index in [9.17, 15) is 14.0 Å². The summed E-state index contributed by atoms with van der Waals surface area (Å²) in [5, 5.41) is 17.1. The molecule has 1 fully saturated rings. The van der Waals surface area contributed by atoms with Gasteiger partial charge in [0.1, 0.15) is 23.1 Å². The standard InChI is InChI=1S/C24H22FN5O4/c1-33-22-13-20-16(12-17(22)23(31)28-9-2-8-26)21(7-10-27-20)34-15-5-6-19(18(25)11-15)30-24(32)29-14-3-4-14/h5-7,10-14H,2-4,9H2,1H3,(H,28,31)(H2,29,30,32). The summed E-state index contributed by atoms with van der Waals surface area (Å²) in [7, 11) is 1.44. The number of aromatic nitrogens is 1. The van der Waals surface area contributed by atoms with E-state index in [2.05, 4.69) is 20.9 Å². The van der Waals surface area contributed by atoms with E-state index in [1.165, 1.54) is 25.4 Å². The second kappa shape index (κ2) is 10.0. The summed E-state index contributed by atoms with van der Waals surface area (Å²) in [6.07, 6.45) is 3.56. The third-order valence-electron chi connectivity index (χ3n) is 5.12. The highest BCUT2D eigenvalue weighted by Gasteiger charge is 2.23. The van der Waals surface area contributed by atoms with Crippen LogP contribution < -0.4 is 25.4 Å². The van der Waals surface area contributed by atoms with Gasteiger partial charge in [-0.1, -0.05) is 0 Å². The Kier molecular flexibility index (Phi) is 6.73. The molecule has 0 radical (unpaired) electrons. The first-order valence-electron chi connectivity index (χ1n) is 10.7. The molecule has 3 amide bonds. The number of nitrogens with zero attached hydrogens (tertiary/aromatic N) is 2. The van der Waals surface area contributed by atoms with Gasteiger partial charge in [0.25, 0.3) is 5.91 Å². The van der Waals surface area contributed by atoms with Crippen LogP contribution in [0, 0.1) is 17.1 Å². The third kappa shape index (κ3) is 5.32. The number of hydrogen-bond donors (Lipinski definition) is 3. The number of hydrogen-bond acceptors (Lipinski definition) is 6. The zero-order valence-corrected chi connectivity index (χ0v) is 18.4. The normalized spacial score (nSPS) is 12.5. The Balaban J connectivity index is 1.58. The molecule has 1 aromatic heterocycles. The van der Waals surface area contributed by atoms with Crippen LogP contribution in [0.1, 0.15) is 29.6 Å². The number of ether oxygens (including phenoxy) is 2. The van der Waals surface area contributed by atoms with Crippen molar-refractivity contribution in [1.29, 1.82) is 5.26 Å². The number of benzene rings is 2. The van der Waals surface area contributed by atoms with Gasteiger partial charge in [0.15, 0.2) is 0 Å². The number of nitriles is 1. The Morgan fingerprint density at radius 3 is 2.74 bits per heavy atom. The molecule has 2 aromatic carbocycles. The molecule has 1 aliphatic carbocycles. The lowest BCUT2D eigenvalue weighted by Gasteiger charge is -2.14. The third-order valence-corrected chi connectivity index (χ3v) is 5.12. The van der Waals surface area contributed by atoms with Crippen LogP contribution in [0.3, 0.4) is 0 Å². The van der Waals surface area contributed by atoms with Gasteiger partial charge in [-0.25, -0.2) is 9.18 Å². The molecule has 3 aromatic rings. The van der Waals surface area contributed by atoms with Crippen LogP contribution in [0.4, 0.5) is 14.9 Å². The quantitative estimate of drug-likeness (QED) is 0.432. The highest BCUT2D eigenvalue weighted by Crippen LogP contribution is 2.34. The zero-order chi connectivity index (χ0) is 24.1. The van der Waals surface area contributed by atoms with Gasteiger partial charge < -0.3 is 25.4 Å². The van der Waals surface area contributed by atoms with Crippen LogP contribution in [-0.2, 0) is 0 Å². The molecule has 10 heteroatoms. The first-order valence-corrected chi connectivity index (χ1v) is 10.7. The van der Waals surface area contributed by atoms with Gasteiger partial charge in [-0.05, 0) is 37.1 Å². The number of fused-ring (bicyclic) bond motifs is 1. The summed E-state index contributed by atoms with van der Waals surface area (Å²) in [5.74, 6) is -0.187. The second-order valence-corrected chi connectivity index (χ2v) is 7.66. The number of amides is 3. The van der Waals surface area contributed by atoms with Crippen molar-refractivity contribution in [2.24, 2.45) is 0 Å². The Hall–Kier alpha value is -4.39. The summed E-state index contributed by atoms with van der Waals surface area (Å²) in [4.78, 5) is 28.8. The fourth-order valence-electron chi connectivity index (χ4n) is 3.27. The van der Waals surface area contributed by atoms with Gasteiger partial charge in [-0.15, -0.1) is 0 Å². The number of rotatable bonds is 8. The summed E-state index contributed by atoms with van der Waals surface area (Å²) in [6, 6.07) is 10.6. The van der Waals surface area contributed by atoms with E-state index in [-0.39, 0.29) is 36.0 Å². The molecule has 0 atom stereocenters. The lowest BCUT2D eigenvalue weighted by Crippen LogP contribution is -2.30. The van der Waals surface area contributed by atoms with E-state index in [4.69, 9.17) is 14.7 Å². The van der Waals surface area contributed by atoms with E-state index in [0.29, 0.717) is 22.4 Å². The Bertz CT molecular complexity index is 1290. The summed E-state index contributed by atoms with van der Waals surface area (Å²) in [6.45, 7) is 0.200. The van der Waals surface area contributed by atoms with Gasteiger partial charge in [0.2, 0.25) is 0 Å². The molecular weight excluding hydrogens is 441 g/mol. The van der Waals surface area contributed by atoms with E-state index in [1.807, 2.05) is 6.07 Å². The van der Waals surface area contributed by atoms with E-state index >= 15 is 0 Å². The molecule has 34 heavy (non-hydrogen) atoms. The average Bonchev–Trinajstić information content (AvgIpc) is 3.64. The topological polar surface area (TPSA) is 125 Å². The van der Waals surface area contributed by atoms with Gasteiger partial charge in [-0.3, -0.25) is 9.78 Å².